The first-order chi connectivity index (χ1) is 6.72. The number of benzene rings is 1. The van der Waals surface area contributed by atoms with Crippen LogP contribution in [-0.2, 0) is 6.42 Å². The van der Waals surface area contributed by atoms with Gasteiger partial charge < -0.3 is 5.11 Å². The van der Waals surface area contributed by atoms with Crippen molar-refractivity contribution in [2.24, 2.45) is 0 Å². The monoisotopic (exact) mass is 190 g/mol. The third kappa shape index (κ3) is 3.75. The fourth-order valence-corrected chi connectivity index (χ4v) is 1.32. The average molecular weight is 190 g/mol. The zero-order chi connectivity index (χ0) is 10.4. The first-order valence-electron chi connectivity index (χ1n) is 5.16. The molecular formula is C13H18O. The predicted molar refractivity (Wildman–Crippen MR) is 61.2 cm³/mol. The molecule has 1 N–H and O–H groups in total. The predicted octanol–water partition coefficient (Wildman–Crippen LogP) is 3.03. The SMILES string of the molecule is CCc1cccc(/C=C/C[C@@H](C)O)c1. The lowest BCUT2D eigenvalue weighted by Gasteiger charge is -1.99. The summed E-state index contributed by atoms with van der Waals surface area (Å²) in [5, 5.41) is 9.08. The summed E-state index contributed by atoms with van der Waals surface area (Å²) in [6, 6.07) is 8.46. The largest absolute Gasteiger partial charge is 0.393 e. The van der Waals surface area contributed by atoms with Crippen LogP contribution in [0, 0.1) is 0 Å². The lowest BCUT2D eigenvalue weighted by molar-refractivity contribution is 0.199. The van der Waals surface area contributed by atoms with Crippen molar-refractivity contribution in [2.75, 3.05) is 0 Å². The molecule has 0 spiro atoms. The number of rotatable bonds is 4. The van der Waals surface area contributed by atoms with Crippen molar-refractivity contribution < 1.29 is 5.11 Å². The highest BCUT2D eigenvalue weighted by molar-refractivity contribution is 5.50. The smallest absolute Gasteiger partial charge is 0.0546 e. The third-order valence-corrected chi connectivity index (χ3v) is 2.15. The summed E-state index contributed by atoms with van der Waals surface area (Å²) in [7, 11) is 0. The minimum atomic E-state index is -0.249. The Balaban J connectivity index is 2.62. The summed E-state index contributed by atoms with van der Waals surface area (Å²) < 4.78 is 0. The van der Waals surface area contributed by atoms with Crippen LogP contribution in [0.2, 0.25) is 0 Å². The molecule has 0 fully saturated rings. The van der Waals surface area contributed by atoms with E-state index >= 15 is 0 Å². The van der Waals surface area contributed by atoms with Crippen molar-refractivity contribution >= 4 is 6.08 Å². The third-order valence-electron chi connectivity index (χ3n) is 2.15. The van der Waals surface area contributed by atoms with Crippen LogP contribution < -0.4 is 0 Å². The molecule has 14 heavy (non-hydrogen) atoms. The van der Waals surface area contributed by atoms with E-state index in [1.54, 1.807) is 6.92 Å². The fourth-order valence-electron chi connectivity index (χ4n) is 1.32. The van der Waals surface area contributed by atoms with Crippen molar-refractivity contribution in [1.29, 1.82) is 0 Å². The van der Waals surface area contributed by atoms with Gasteiger partial charge in [-0.25, -0.2) is 0 Å². The molecule has 0 amide bonds. The van der Waals surface area contributed by atoms with Crippen molar-refractivity contribution in [3.63, 3.8) is 0 Å². The molecule has 0 aliphatic carbocycles. The first-order valence-corrected chi connectivity index (χ1v) is 5.16. The minimum Gasteiger partial charge on any atom is -0.393 e. The molecule has 0 saturated heterocycles. The van der Waals surface area contributed by atoms with E-state index in [1.165, 1.54) is 11.1 Å². The number of aliphatic hydroxyl groups is 1. The Bertz CT molecular complexity index is 300. The number of hydrogen-bond acceptors (Lipinski definition) is 1. The van der Waals surface area contributed by atoms with Gasteiger partial charge in [-0.15, -0.1) is 0 Å². The van der Waals surface area contributed by atoms with E-state index in [1.807, 2.05) is 6.08 Å². The second-order valence-corrected chi connectivity index (χ2v) is 3.59. The van der Waals surface area contributed by atoms with Crippen LogP contribution in [0.25, 0.3) is 6.08 Å². The van der Waals surface area contributed by atoms with E-state index in [2.05, 4.69) is 37.3 Å². The Morgan fingerprint density at radius 3 is 2.86 bits per heavy atom. The molecule has 0 aliphatic rings. The summed E-state index contributed by atoms with van der Waals surface area (Å²) in [6.45, 7) is 3.95. The van der Waals surface area contributed by atoms with Crippen molar-refractivity contribution in [3.05, 3.63) is 41.5 Å². The van der Waals surface area contributed by atoms with Gasteiger partial charge in [0.1, 0.15) is 0 Å². The van der Waals surface area contributed by atoms with E-state index in [0.717, 1.165) is 12.8 Å². The van der Waals surface area contributed by atoms with E-state index in [-0.39, 0.29) is 6.10 Å². The fraction of sp³-hybridized carbons (Fsp3) is 0.385. The van der Waals surface area contributed by atoms with Crippen LogP contribution in [0.4, 0.5) is 0 Å². The molecule has 76 valence electrons. The Morgan fingerprint density at radius 1 is 1.43 bits per heavy atom. The highest BCUT2D eigenvalue weighted by atomic mass is 16.3. The van der Waals surface area contributed by atoms with Crippen LogP contribution in [0.15, 0.2) is 30.3 Å². The van der Waals surface area contributed by atoms with Gasteiger partial charge in [0.25, 0.3) is 0 Å². The summed E-state index contributed by atoms with van der Waals surface area (Å²) in [4.78, 5) is 0. The number of hydrogen-bond donors (Lipinski definition) is 1. The van der Waals surface area contributed by atoms with E-state index in [0.29, 0.717) is 0 Å². The Labute approximate surface area is 86.1 Å². The first kappa shape index (κ1) is 11.0. The second kappa shape index (κ2) is 5.61. The zero-order valence-electron chi connectivity index (χ0n) is 8.90. The Kier molecular flexibility index (Phi) is 4.41. The van der Waals surface area contributed by atoms with Gasteiger partial charge in [0.15, 0.2) is 0 Å². The summed E-state index contributed by atoms with van der Waals surface area (Å²) in [5.41, 5.74) is 2.56. The van der Waals surface area contributed by atoms with Gasteiger partial charge in [-0.2, -0.15) is 0 Å². The molecule has 1 aromatic rings. The molecule has 0 aliphatic heterocycles. The molecule has 0 bridgehead atoms. The number of aryl methyl sites for hydroxylation is 1. The van der Waals surface area contributed by atoms with Crippen LogP contribution >= 0.6 is 0 Å². The molecule has 0 unspecified atom stereocenters. The Morgan fingerprint density at radius 2 is 2.21 bits per heavy atom. The van der Waals surface area contributed by atoms with E-state index in [4.69, 9.17) is 5.11 Å². The van der Waals surface area contributed by atoms with Gasteiger partial charge in [0, 0.05) is 0 Å². The molecule has 1 nitrogen and oxygen atoms in total. The summed E-state index contributed by atoms with van der Waals surface area (Å²) >= 11 is 0. The van der Waals surface area contributed by atoms with Gasteiger partial charge in [0.2, 0.25) is 0 Å². The van der Waals surface area contributed by atoms with Crippen molar-refractivity contribution in [1.82, 2.24) is 0 Å². The molecule has 1 rings (SSSR count). The standard InChI is InChI=1S/C13H18O/c1-3-12-7-5-9-13(10-12)8-4-6-11(2)14/h4-5,7-11,14H,3,6H2,1-2H3/b8-4+/t11-/m1/s1. The van der Waals surface area contributed by atoms with Gasteiger partial charge in [-0.3, -0.25) is 0 Å². The van der Waals surface area contributed by atoms with E-state index in [9.17, 15) is 0 Å². The molecule has 1 aromatic carbocycles. The lowest BCUT2D eigenvalue weighted by atomic mass is 10.1. The summed E-state index contributed by atoms with van der Waals surface area (Å²) in [5.74, 6) is 0. The van der Waals surface area contributed by atoms with Gasteiger partial charge >= 0.3 is 0 Å². The molecule has 0 aromatic heterocycles. The maximum Gasteiger partial charge on any atom is 0.0546 e. The van der Waals surface area contributed by atoms with Gasteiger partial charge in [0.05, 0.1) is 6.10 Å². The highest BCUT2D eigenvalue weighted by Crippen LogP contribution is 2.08. The zero-order valence-corrected chi connectivity index (χ0v) is 8.90. The topological polar surface area (TPSA) is 20.2 Å². The molecule has 0 saturated carbocycles. The molecular weight excluding hydrogens is 172 g/mol. The average Bonchev–Trinajstić information content (AvgIpc) is 2.18. The highest BCUT2D eigenvalue weighted by Gasteiger charge is 1.91. The van der Waals surface area contributed by atoms with Crippen LogP contribution in [0.1, 0.15) is 31.4 Å². The lowest BCUT2D eigenvalue weighted by Crippen LogP contribution is -1.95. The molecule has 0 radical (unpaired) electrons. The van der Waals surface area contributed by atoms with Gasteiger partial charge in [-0.1, -0.05) is 43.3 Å². The van der Waals surface area contributed by atoms with Crippen LogP contribution in [0.3, 0.4) is 0 Å². The van der Waals surface area contributed by atoms with Gasteiger partial charge in [-0.05, 0) is 30.9 Å². The normalized spacial score (nSPS) is 13.4. The van der Waals surface area contributed by atoms with Crippen LogP contribution in [-0.4, -0.2) is 11.2 Å². The quantitative estimate of drug-likeness (QED) is 0.773. The molecule has 1 heteroatoms. The Hall–Kier alpha value is -1.08. The van der Waals surface area contributed by atoms with Crippen molar-refractivity contribution in [2.45, 2.75) is 32.8 Å². The second-order valence-electron chi connectivity index (χ2n) is 3.59. The maximum absolute atomic E-state index is 9.08. The molecule has 0 heterocycles. The maximum atomic E-state index is 9.08. The van der Waals surface area contributed by atoms with E-state index < -0.39 is 0 Å². The van der Waals surface area contributed by atoms with Crippen LogP contribution in [0.5, 0.6) is 0 Å². The minimum absolute atomic E-state index is 0.249. The molecule has 1 atom stereocenters. The van der Waals surface area contributed by atoms with Crippen molar-refractivity contribution in [3.8, 4) is 0 Å². The number of aliphatic hydroxyl groups excluding tert-OH is 1. The summed E-state index contributed by atoms with van der Waals surface area (Å²) in [6.07, 6.45) is 5.61.